The zero-order chi connectivity index (χ0) is 46.2. The molecule has 1 aromatic rings. The molecule has 16 nitrogen and oxygen atoms in total. The minimum atomic E-state index is -0.775. The number of rotatable bonds is 34. The third-order valence-corrected chi connectivity index (χ3v) is 9.71. The van der Waals surface area contributed by atoms with Crippen LogP contribution in [0.1, 0.15) is 174 Å². The van der Waals surface area contributed by atoms with E-state index in [0.717, 1.165) is 50.0 Å². The van der Waals surface area contributed by atoms with Gasteiger partial charge in [-0.1, -0.05) is 109 Å². The number of hydrogen-bond donors (Lipinski definition) is 4. The van der Waals surface area contributed by atoms with Crippen molar-refractivity contribution >= 4 is 30.1 Å². The second-order valence-corrected chi connectivity index (χ2v) is 15.6. The largest absolute Gasteiger partial charge is 0.463 e. The minimum absolute atomic E-state index is 0.0286. The van der Waals surface area contributed by atoms with E-state index in [4.69, 9.17) is 20.3 Å². The zero-order valence-corrected chi connectivity index (χ0v) is 37.5. The molecule has 2 rings (SSSR count). The predicted octanol–water partition coefficient (Wildman–Crippen LogP) is 8.70. The summed E-state index contributed by atoms with van der Waals surface area (Å²) in [6, 6.07) is 2.60. The summed E-state index contributed by atoms with van der Waals surface area (Å²) in [5.41, 5.74) is 0. The van der Waals surface area contributed by atoms with Crippen molar-refractivity contribution in [2.75, 3.05) is 26.4 Å². The van der Waals surface area contributed by atoms with Gasteiger partial charge in [-0.05, 0) is 38.2 Å². The topological polar surface area (TPSA) is 232 Å². The molecule has 354 valence electrons. The van der Waals surface area contributed by atoms with Crippen LogP contribution in [0.25, 0.3) is 0 Å². The predicted molar refractivity (Wildman–Crippen MR) is 238 cm³/mol. The van der Waals surface area contributed by atoms with E-state index in [9.17, 15) is 44.9 Å². The maximum atomic E-state index is 11.0. The van der Waals surface area contributed by atoms with Crippen molar-refractivity contribution < 1.29 is 58.4 Å². The van der Waals surface area contributed by atoms with Crippen LogP contribution in [0.5, 0.6) is 0 Å². The molecule has 16 heteroatoms. The highest BCUT2D eigenvalue weighted by atomic mass is 16.6. The van der Waals surface area contributed by atoms with Gasteiger partial charge in [-0.3, -0.25) is 19.7 Å². The van der Waals surface area contributed by atoms with Gasteiger partial charge in [0.05, 0.1) is 43.2 Å². The number of amides is 1. The Morgan fingerprint density at radius 2 is 1.26 bits per heavy atom. The van der Waals surface area contributed by atoms with E-state index in [1.54, 1.807) is 0 Å². The lowest BCUT2D eigenvalue weighted by Crippen LogP contribution is -2.23. The Balaban J connectivity index is 0.000000914. The van der Waals surface area contributed by atoms with E-state index in [2.05, 4.69) is 22.3 Å². The number of carbonyl (C=O) groups is 3. The molecule has 62 heavy (non-hydrogen) atoms. The summed E-state index contributed by atoms with van der Waals surface area (Å²) in [5.74, 6) is 1.69. The monoisotopic (exact) mass is 880 g/mol. The molecule has 2 heterocycles. The molecule has 0 saturated carbocycles. The standard InChI is InChI=1S/C19H36O4.C19H34O4.C8H7N3O5/c2*1-3-4-5-6-7-8-9-10-11-12-13-14-18(21)15-19(22)16-23-17(2)20;12-8-10(3-4-15-8)9-5-6-1-2-7(16-6)11(13)14/h3,18-19,21-22H,1,4-16H2,2H3;1,18-19,21-22H,4-16H2,2H3;1-2,5H,3-4H2. The molecule has 1 aromatic heterocycles. The molecular formula is C46H77N3O13. The van der Waals surface area contributed by atoms with Gasteiger partial charge < -0.3 is 39.1 Å². The van der Waals surface area contributed by atoms with E-state index < -0.39 is 47.4 Å². The highest BCUT2D eigenvalue weighted by molar-refractivity contribution is 5.78. The number of allylic oxidation sites excluding steroid dienone is 1. The number of aliphatic hydroxyl groups excluding tert-OH is 4. The van der Waals surface area contributed by atoms with E-state index in [1.165, 1.54) is 116 Å². The zero-order valence-electron chi connectivity index (χ0n) is 37.5. The number of cyclic esters (lactones) is 1. The number of aliphatic hydroxyl groups is 4. The Morgan fingerprint density at radius 3 is 1.65 bits per heavy atom. The number of ether oxygens (including phenoxy) is 3. The molecule has 1 fully saturated rings. The fourth-order valence-corrected chi connectivity index (χ4v) is 6.30. The molecular weight excluding hydrogens is 803 g/mol. The summed E-state index contributed by atoms with van der Waals surface area (Å²) in [4.78, 5) is 41.9. The molecule has 0 bridgehead atoms. The molecule has 4 atom stereocenters. The van der Waals surface area contributed by atoms with Crippen LogP contribution in [0, 0.1) is 22.5 Å². The molecule has 0 aliphatic carbocycles. The normalized spacial score (nSPS) is 14.0. The molecule has 0 radical (unpaired) electrons. The second kappa shape index (κ2) is 39.5. The van der Waals surface area contributed by atoms with Gasteiger partial charge in [0.25, 0.3) is 0 Å². The van der Waals surface area contributed by atoms with E-state index in [1.807, 2.05) is 6.08 Å². The molecule has 0 aromatic carbocycles. The number of hydrazone groups is 1. The van der Waals surface area contributed by atoms with Crippen LogP contribution in [0.15, 0.2) is 34.3 Å². The van der Waals surface area contributed by atoms with Gasteiger partial charge in [0, 0.05) is 33.1 Å². The maximum Gasteiger partial charge on any atom is 0.433 e. The van der Waals surface area contributed by atoms with Crippen LogP contribution in [-0.4, -0.2) is 105 Å². The fraction of sp³-hybridized carbons (Fsp3) is 0.739. The number of terminal acetylenes is 1. The van der Waals surface area contributed by atoms with Crippen LogP contribution in [0.2, 0.25) is 0 Å². The smallest absolute Gasteiger partial charge is 0.433 e. The number of esters is 2. The molecule has 4 unspecified atom stereocenters. The number of unbranched alkanes of at least 4 members (excludes halogenated alkanes) is 18. The number of carbonyl (C=O) groups excluding carboxylic acids is 3. The molecule has 1 amide bonds. The minimum Gasteiger partial charge on any atom is -0.463 e. The summed E-state index contributed by atoms with van der Waals surface area (Å²) >= 11 is 0. The average Bonchev–Trinajstić information content (AvgIpc) is 3.89. The summed E-state index contributed by atoms with van der Waals surface area (Å²) in [7, 11) is 0. The number of nitro groups is 1. The maximum absolute atomic E-state index is 11.0. The van der Waals surface area contributed by atoms with Crippen molar-refractivity contribution in [1.82, 2.24) is 5.01 Å². The molecule has 1 saturated heterocycles. The summed E-state index contributed by atoms with van der Waals surface area (Å²) in [6.45, 7) is 6.93. The molecule has 4 N–H and O–H groups in total. The Morgan fingerprint density at radius 1 is 0.806 bits per heavy atom. The Hall–Kier alpha value is -4.30. The Labute approximate surface area is 369 Å². The van der Waals surface area contributed by atoms with Gasteiger partial charge in [0.1, 0.15) is 24.7 Å². The van der Waals surface area contributed by atoms with Crippen LogP contribution >= 0.6 is 0 Å². The fourth-order valence-electron chi connectivity index (χ4n) is 6.30. The van der Waals surface area contributed by atoms with Gasteiger partial charge >= 0.3 is 23.9 Å². The van der Waals surface area contributed by atoms with Crippen LogP contribution < -0.4 is 0 Å². The first-order valence-electron chi connectivity index (χ1n) is 22.5. The van der Waals surface area contributed by atoms with Crippen molar-refractivity contribution in [2.24, 2.45) is 5.10 Å². The van der Waals surface area contributed by atoms with E-state index in [-0.39, 0.29) is 44.3 Å². The lowest BCUT2D eigenvalue weighted by atomic mass is 10.0. The quantitative estimate of drug-likeness (QED) is 0.00743. The summed E-state index contributed by atoms with van der Waals surface area (Å²) < 4.78 is 18.9. The van der Waals surface area contributed by atoms with Crippen molar-refractivity contribution in [1.29, 1.82) is 0 Å². The van der Waals surface area contributed by atoms with Gasteiger partial charge in [-0.25, -0.2) is 4.79 Å². The number of furan rings is 1. The first kappa shape index (κ1) is 57.7. The van der Waals surface area contributed by atoms with Crippen LogP contribution in [0.4, 0.5) is 10.7 Å². The highest BCUT2D eigenvalue weighted by Gasteiger charge is 2.21. The first-order chi connectivity index (χ1) is 29.8. The Kier molecular flexibility index (Phi) is 36.8. The second-order valence-electron chi connectivity index (χ2n) is 15.6. The molecule has 1 aliphatic rings. The van der Waals surface area contributed by atoms with Crippen LogP contribution in [0.3, 0.4) is 0 Å². The average molecular weight is 880 g/mol. The SMILES string of the molecule is C#CCCCCCCCCCCCC(O)CC(O)COC(C)=O.C=CCCCCCCCCCCCC(O)CC(O)COC(C)=O.O=C1OCCN1N=Cc1ccc([N+](=O)[O-])o1. The summed E-state index contributed by atoms with van der Waals surface area (Å²) in [6.07, 6.45) is 31.2. The molecule has 1 aliphatic heterocycles. The summed E-state index contributed by atoms with van der Waals surface area (Å²) in [5, 5.41) is 54.0. The van der Waals surface area contributed by atoms with Gasteiger partial charge in [-0.15, -0.1) is 18.9 Å². The van der Waals surface area contributed by atoms with Crippen molar-refractivity contribution in [2.45, 2.75) is 192 Å². The van der Waals surface area contributed by atoms with Gasteiger partial charge in [0.15, 0.2) is 5.76 Å². The lowest BCUT2D eigenvalue weighted by Gasteiger charge is -2.15. The highest BCUT2D eigenvalue weighted by Crippen LogP contribution is 2.17. The van der Waals surface area contributed by atoms with Crippen molar-refractivity contribution in [3.05, 3.63) is 40.7 Å². The van der Waals surface area contributed by atoms with E-state index >= 15 is 0 Å². The number of hydrogen-bond acceptors (Lipinski definition) is 14. The Bertz CT molecular complexity index is 1400. The molecule has 0 spiro atoms. The van der Waals surface area contributed by atoms with Gasteiger partial charge in [0.2, 0.25) is 0 Å². The van der Waals surface area contributed by atoms with Crippen LogP contribution in [-0.2, 0) is 23.8 Å². The van der Waals surface area contributed by atoms with Gasteiger partial charge in [-0.2, -0.15) is 10.1 Å². The first-order valence-corrected chi connectivity index (χ1v) is 22.5. The van der Waals surface area contributed by atoms with E-state index in [0.29, 0.717) is 19.4 Å². The number of nitrogens with zero attached hydrogens (tertiary/aromatic N) is 3. The van der Waals surface area contributed by atoms with Crippen molar-refractivity contribution in [3.8, 4) is 12.3 Å². The lowest BCUT2D eigenvalue weighted by molar-refractivity contribution is -0.402. The third-order valence-electron chi connectivity index (χ3n) is 9.71. The van der Waals surface area contributed by atoms with Crippen molar-refractivity contribution in [3.63, 3.8) is 0 Å². The third kappa shape index (κ3) is 36.4.